The second-order valence-corrected chi connectivity index (χ2v) is 4.05. The van der Waals surface area contributed by atoms with Crippen molar-refractivity contribution in [2.75, 3.05) is 32.1 Å². The number of esters is 1. The van der Waals surface area contributed by atoms with Crippen molar-refractivity contribution in [3.8, 4) is 0 Å². The van der Waals surface area contributed by atoms with E-state index < -0.39 is 0 Å². The van der Waals surface area contributed by atoms with Crippen LogP contribution in [0, 0.1) is 0 Å². The first kappa shape index (κ1) is 14.5. The summed E-state index contributed by atoms with van der Waals surface area (Å²) in [5.41, 5.74) is 2.19. The second kappa shape index (κ2) is 7.71. The first-order valence-corrected chi connectivity index (χ1v) is 6.32. The normalized spacial score (nSPS) is 10.4. The van der Waals surface area contributed by atoms with Gasteiger partial charge in [0.05, 0.1) is 7.11 Å². The van der Waals surface area contributed by atoms with Crippen molar-refractivity contribution in [3.05, 3.63) is 29.8 Å². The maximum Gasteiger partial charge on any atom is 0.325 e. The largest absolute Gasteiger partial charge is 0.468 e. The van der Waals surface area contributed by atoms with E-state index in [4.69, 9.17) is 0 Å². The number of methoxy groups -OCH3 is 1. The SMILES string of the molecule is CCN(CC)Cc1ccccc1NCC(=O)OC. The molecule has 4 heteroatoms. The summed E-state index contributed by atoms with van der Waals surface area (Å²) in [6.45, 7) is 7.41. The molecule has 0 radical (unpaired) electrons. The number of para-hydroxylation sites is 1. The van der Waals surface area contributed by atoms with Gasteiger partial charge in [-0.05, 0) is 24.7 Å². The molecule has 0 unspecified atom stereocenters. The number of carbonyl (C=O) groups excluding carboxylic acids is 1. The Morgan fingerprint density at radius 2 is 1.94 bits per heavy atom. The van der Waals surface area contributed by atoms with E-state index in [0.29, 0.717) is 0 Å². The number of carbonyl (C=O) groups is 1. The van der Waals surface area contributed by atoms with E-state index in [2.05, 4.69) is 34.9 Å². The van der Waals surface area contributed by atoms with Gasteiger partial charge in [0.1, 0.15) is 6.54 Å². The van der Waals surface area contributed by atoms with Gasteiger partial charge in [-0.2, -0.15) is 0 Å². The van der Waals surface area contributed by atoms with Gasteiger partial charge in [0, 0.05) is 12.2 Å². The van der Waals surface area contributed by atoms with Crippen molar-refractivity contribution in [2.45, 2.75) is 20.4 Å². The highest BCUT2D eigenvalue weighted by atomic mass is 16.5. The zero-order valence-corrected chi connectivity index (χ0v) is 11.4. The molecule has 0 saturated heterocycles. The van der Waals surface area contributed by atoms with Gasteiger partial charge >= 0.3 is 5.97 Å². The molecule has 0 amide bonds. The lowest BCUT2D eigenvalue weighted by molar-refractivity contribution is -0.138. The van der Waals surface area contributed by atoms with Crippen molar-refractivity contribution in [1.82, 2.24) is 4.90 Å². The second-order valence-electron chi connectivity index (χ2n) is 4.05. The molecule has 0 saturated carbocycles. The van der Waals surface area contributed by atoms with Crippen LogP contribution in [0.4, 0.5) is 5.69 Å². The summed E-state index contributed by atoms with van der Waals surface area (Å²) in [4.78, 5) is 13.5. The first-order chi connectivity index (χ1) is 8.71. The fraction of sp³-hybridized carbons (Fsp3) is 0.500. The van der Waals surface area contributed by atoms with E-state index in [-0.39, 0.29) is 12.5 Å². The average molecular weight is 250 g/mol. The smallest absolute Gasteiger partial charge is 0.325 e. The number of nitrogens with one attached hydrogen (secondary N) is 1. The molecule has 1 aromatic carbocycles. The number of anilines is 1. The topological polar surface area (TPSA) is 41.6 Å². The molecule has 0 aliphatic rings. The van der Waals surface area contributed by atoms with E-state index in [9.17, 15) is 4.79 Å². The number of nitrogens with zero attached hydrogens (tertiary/aromatic N) is 1. The van der Waals surface area contributed by atoms with Crippen LogP contribution in [0.3, 0.4) is 0 Å². The van der Waals surface area contributed by atoms with Crippen LogP contribution < -0.4 is 5.32 Å². The van der Waals surface area contributed by atoms with Crippen molar-refractivity contribution in [2.24, 2.45) is 0 Å². The molecule has 0 heterocycles. The molecule has 1 aromatic rings. The fourth-order valence-corrected chi connectivity index (χ4v) is 1.76. The summed E-state index contributed by atoms with van der Waals surface area (Å²) in [7, 11) is 1.39. The summed E-state index contributed by atoms with van der Waals surface area (Å²) >= 11 is 0. The van der Waals surface area contributed by atoms with Crippen LogP contribution in [0.5, 0.6) is 0 Å². The Hall–Kier alpha value is -1.55. The third-order valence-electron chi connectivity index (χ3n) is 2.96. The van der Waals surface area contributed by atoms with Crippen LogP contribution >= 0.6 is 0 Å². The van der Waals surface area contributed by atoms with Gasteiger partial charge in [-0.25, -0.2) is 0 Å². The Morgan fingerprint density at radius 3 is 2.56 bits per heavy atom. The lowest BCUT2D eigenvalue weighted by atomic mass is 10.1. The molecule has 0 fully saturated rings. The number of benzene rings is 1. The number of ether oxygens (including phenoxy) is 1. The van der Waals surface area contributed by atoms with Crippen LogP contribution in [0.1, 0.15) is 19.4 Å². The van der Waals surface area contributed by atoms with E-state index >= 15 is 0 Å². The summed E-state index contributed by atoms with van der Waals surface area (Å²) in [5, 5.41) is 3.12. The Kier molecular flexibility index (Phi) is 6.22. The average Bonchev–Trinajstić information content (AvgIpc) is 2.43. The van der Waals surface area contributed by atoms with Crippen LogP contribution in [-0.4, -0.2) is 37.6 Å². The Labute approximate surface area is 109 Å². The third kappa shape index (κ3) is 4.37. The Bertz CT molecular complexity index is 376. The van der Waals surface area contributed by atoms with Gasteiger partial charge in [0.15, 0.2) is 0 Å². The molecule has 0 spiro atoms. The molecule has 0 aromatic heterocycles. The molecule has 0 atom stereocenters. The van der Waals surface area contributed by atoms with Crippen molar-refractivity contribution in [3.63, 3.8) is 0 Å². The minimum Gasteiger partial charge on any atom is -0.468 e. The van der Waals surface area contributed by atoms with Gasteiger partial charge in [-0.15, -0.1) is 0 Å². The molecule has 0 aliphatic carbocycles. The zero-order chi connectivity index (χ0) is 13.4. The van der Waals surface area contributed by atoms with Crippen LogP contribution in [-0.2, 0) is 16.1 Å². The molecule has 1 rings (SSSR count). The highest BCUT2D eigenvalue weighted by Gasteiger charge is 2.07. The maximum absolute atomic E-state index is 11.1. The minimum absolute atomic E-state index is 0.200. The van der Waals surface area contributed by atoms with E-state index in [1.54, 1.807) is 0 Å². The molecular weight excluding hydrogens is 228 g/mol. The lowest BCUT2D eigenvalue weighted by Gasteiger charge is -2.20. The molecule has 0 bridgehead atoms. The Balaban J connectivity index is 2.69. The highest BCUT2D eigenvalue weighted by Crippen LogP contribution is 2.16. The minimum atomic E-state index is -0.257. The van der Waals surface area contributed by atoms with Crippen molar-refractivity contribution in [1.29, 1.82) is 0 Å². The predicted octanol–water partition coefficient (Wildman–Crippen LogP) is 2.11. The molecule has 0 aliphatic heterocycles. The summed E-state index contributed by atoms with van der Waals surface area (Å²) < 4.78 is 4.62. The zero-order valence-electron chi connectivity index (χ0n) is 11.4. The Morgan fingerprint density at radius 1 is 1.28 bits per heavy atom. The summed E-state index contributed by atoms with van der Waals surface area (Å²) in [6, 6.07) is 8.05. The van der Waals surface area contributed by atoms with Gasteiger partial charge in [0.25, 0.3) is 0 Å². The highest BCUT2D eigenvalue weighted by molar-refractivity contribution is 5.75. The molecule has 100 valence electrons. The third-order valence-corrected chi connectivity index (χ3v) is 2.96. The standard InChI is InChI=1S/C14H22N2O2/c1-4-16(5-2)11-12-8-6-7-9-13(12)15-10-14(17)18-3/h6-9,15H,4-5,10-11H2,1-3H3. The first-order valence-electron chi connectivity index (χ1n) is 6.32. The van der Waals surface area contributed by atoms with Crippen molar-refractivity contribution < 1.29 is 9.53 Å². The molecule has 18 heavy (non-hydrogen) atoms. The quantitative estimate of drug-likeness (QED) is 0.753. The molecule has 1 N–H and O–H groups in total. The van der Waals surface area contributed by atoms with Gasteiger partial charge in [-0.1, -0.05) is 32.0 Å². The summed E-state index contributed by atoms with van der Waals surface area (Å²) in [6.07, 6.45) is 0. The van der Waals surface area contributed by atoms with Crippen LogP contribution in [0.25, 0.3) is 0 Å². The lowest BCUT2D eigenvalue weighted by Crippen LogP contribution is -2.23. The monoisotopic (exact) mass is 250 g/mol. The van der Waals surface area contributed by atoms with E-state index in [0.717, 1.165) is 25.3 Å². The number of rotatable bonds is 7. The van der Waals surface area contributed by atoms with E-state index in [1.807, 2.05) is 18.2 Å². The number of hydrogen-bond acceptors (Lipinski definition) is 4. The van der Waals surface area contributed by atoms with Crippen LogP contribution in [0.15, 0.2) is 24.3 Å². The number of hydrogen-bond donors (Lipinski definition) is 1. The van der Waals surface area contributed by atoms with Gasteiger partial charge in [-0.3, -0.25) is 9.69 Å². The van der Waals surface area contributed by atoms with Crippen LogP contribution in [0.2, 0.25) is 0 Å². The predicted molar refractivity (Wildman–Crippen MR) is 73.6 cm³/mol. The van der Waals surface area contributed by atoms with Gasteiger partial charge < -0.3 is 10.1 Å². The molecule has 4 nitrogen and oxygen atoms in total. The maximum atomic E-state index is 11.1. The molecular formula is C14H22N2O2. The fourth-order valence-electron chi connectivity index (χ4n) is 1.76. The van der Waals surface area contributed by atoms with Gasteiger partial charge in [0.2, 0.25) is 0 Å². The summed E-state index contributed by atoms with van der Waals surface area (Å²) in [5.74, 6) is -0.257. The van der Waals surface area contributed by atoms with E-state index in [1.165, 1.54) is 12.7 Å². The van der Waals surface area contributed by atoms with Crippen molar-refractivity contribution >= 4 is 11.7 Å².